The lowest BCUT2D eigenvalue weighted by Gasteiger charge is -2.14. The van der Waals surface area contributed by atoms with Crippen LogP contribution < -0.4 is 5.32 Å². The minimum atomic E-state index is 0.327. The second kappa shape index (κ2) is 5.59. The van der Waals surface area contributed by atoms with Gasteiger partial charge in [0.1, 0.15) is 10.0 Å². The van der Waals surface area contributed by atoms with Crippen molar-refractivity contribution in [2.75, 3.05) is 0 Å². The zero-order valence-electron chi connectivity index (χ0n) is 11.3. The van der Waals surface area contributed by atoms with Crippen molar-refractivity contribution >= 4 is 11.3 Å². The van der Waals surface area contributed by atoms with Gasteiger partial charge >= 0.3 is 0 Å². The van der Waals surface area contributed by atoms with E-state index in [1.54, 1.807) is 11.3 Å². The topological polar surface area (TPSA) is 37.8 Å². The van der Waals surface area contributed by atoms with Gasteiger partial charge in [0, 0.05) is 6.04 Å². The molecule has 3 nitrogen and oxygen atoms in total. The summed E-state index contributed by atoms with van der Waals surface area (Å²) >= 11 is 1.65. The average molecular weight is 261 g/mol. The van der Waals surface area contributed by atoms with Crippen LogP contribution in [0.4, 0.5) is 0 Å². The number of aromatic nitrogens is 2. The summed E-state index contributed by atoms with van der Waals surface area (Å²) in [6.45, 7) is 9.21. The molecule has 4 heteroatoms. The van der Waals surface area contributed by atoms with Gasteiger partial charge in [-0.2, -0.15) is 0 Å². The van der Waals surface area contributed by atoms with Crippen LogP contribution in [0.15, 0.2) is 18.2 Å². The molecule has 0 spiro atoms. The summed E-state index contributed by atoms with van der Waals surface area (Å²) in [6.07, 6.45) is 0. The minimum Gasteiger partial charge on any atom is -0.304 e. The first-order valence-corrected chi connectivity index (χ1v) is 6.97. The zero-order valence-corrected chi connectivity index (χ0v) is 12.1. The predicted molar refractivity (Wildman–Crippen MR) is 75.8 cm³/mol. The molecule has 0 saturated carbocycles. The van der Waals surface area contributed by atoms with Crippen molar-refractivity contribution in [1.82, 2.24) is 15.5 Å². The molecule has 2 rings (SSSR count). The average Bonchev–Trinajstić information content (AvgIpc) is 2.70. The van der Waals surface area contributed by atoms with E-state index < -0.39 is 0 Å². The van der Waals surface area contributed by atoms with Gasteiger partial charge < -0.3 is 5.32 Å². The molecule has 96 valence electrons. The van der Waals surface area contributed by atoms with Crippen LogP contribution in [-0.2, 0) is 6.54 Å². The third-order valence-corrected chi connectivity index (χ3v) is 3.71. The van der Waals surface area contributed by atoms with Gasteiger partial charge in [0.2, 0.25) is 0 Å². The van der Waals surface area contributed by atoms with E-state index in [2.05, 4.69) is 54.5 Å². The highest BCUT2D eigenvalue weighted by atomic mass is 32.1. The monoisotopic (exact) mass is 261 g/mol. The van der Waals surface area contributed by atoms with Gasteiger partial charge in [0.25, 0.3) is 0 Å². The molecule has 2 aromatic rings. The molecule has 1 atom stereocenters. The summed E-state index contributed by atoms with van der Waals surface area (Å²) in [7, 11) is 0. The number of nitrogens with one attached hydrogen (secondary N) is 1. The van der Waals surface area contributed by atoms with Crippen LogP contribution in [0, 0.1) is 20.8 Å². The maximum absolute atomic E-state index is 4.12. The zero-order chi connectivity index (χ0) is 13.1. The van der Waals surface area contributed by atoms with Crippen LogP contribution in [0.1, 0.15) is 39.7 Å². The van der Waals surface area contributed by atoms with E-state index in [0.717, 1.165) is 16.6 Å². The van der Waals surface area contributed by atoms with E-state index in [9.17, 15) is 0 Å². The van der Waals surface area contributed by atoms with Crippen molar-refractivity contribution in [3.8, 4) is 0 Å². The lowest BCUT2D eigenvalue weighted by molar-refractivity contribution is 0.570. The third kappa shape index (κ3) is 3.37. The summed E-state index contributed by atoms with van der Waals surface area (Å²) in [5.41, 5.74) is 3.95. The quantitative estimate of drug-likeness (QED) is 0.917. The van der Waals surface area contributed by atoms with Gasteiger partial charge in [-0.05, 0) is 33.3 Å². The molecule has 1 aromatic heterocycles. The Balaban J connectivity index is 2.01. The summed E-state index contributed by atoms with van der Waals surface area (Å²) in [5, 5.41) is 13.7. The molecule has 18 heavy (non-hydrogen) atoms. The Kier molecular flexibility index (Phi) is 4.09. The molecule has 0 unspecified atom stereocenters. The van der Waals surface area contributed by atoms with E-state index in [-0.39, 0.29) is 0 Å². The van der Waals surface area contributed by atoms with Crippen LogP contribution in [0.5, 0.6) is 0 Å². The lowest BCUT2D eigenvalue weighted by Crippen LogP contribution is -2.18. The molecule has 0 aliphatic carbocycles. The molecular weight excluding hydrogens is 242 g/mol. The first-order valence-electron chi connectivity index (χ1n) is 6.15. The third-order valence-electron chi connectivity index (χ3n) is 2.87. The normalized spacial score (nSPS) is 12.7. The maximum Gasteiger partial charge on any atom is 0.131 e. The van der Waals surface area contributed by atoms with Crippen molar-refractivity contribution in [3.05, 3.63) is 44.9 Å². The molecule has 1 N–H and O–H groups in total. The van der Waals surface area contributed by atoms with E-state index >= 15 is 0 Å². The fraction of sp³-hybridized carbons (Fsp3) is 0.429. The summed E-state index contributed by atoms with van der Waals surface area (Å²) in [5.74, 6) is 0. The number of aryl methyl sites for hydroxylation is 3. The highest BCUT2D eigenvalue weighted by Gasteiger charge is 2.07. The Morgan fingerprint density at radius 1 is 1.11 bits per heavy atom. The molecule has 1 aromatic carbocycles. The van der Waals surface area contributed by atoms with Gasteiger partial charge in [-0.15, -0.1) is 21.5 Å². The van der Waals surface area contributed by atoms with Gasteiger partial charge in [-0.25, -0.2) is 0 Å². The van der Waals surface area contributed by atoms with Crippen LogP contribution in [0.3, 0.4) is 0 Å². The number of nitrogens with zero attached hydrogens (tertiary/aromatic N) is 2. The van der Waals surface area contributed by atoms with Gasteiger partial charge in [-0.1, -0.05) is 29.3 Å². The van der Waals surface area contributed by atoms with Crippen LogP contribution in [0.25, 0.3) is 0 Å². The molecule has 1 heterocycles. The molecule has 0 amide bonds. The van der Waals surface area contributed by atoms with Crippen molar-refractivity contribution in [2.24, 2.45) is 0 Å². The fourth-order valence-corrected chi connectivity index (χ4v) is 2.69. The van der Waals surface area contributed by atoms with Crippen LogP contribution in [-0.4, -0.2) is 10.2 Å². The van der Waals surface area contributed by atoms with E-state index in [0.29, 0.717) is 6.04 Å². The molecule has 0 saturated heterocycles. The van der Waals surface area contributed by atoms with E-state index in [1.807, 2.05) is 6.92 Å². The highest BCUT2D eigenvalue weighted by molar-refractivity contribution is 7.11. The second-order valence-electron chi connectivity index (χ2n) is 4.74. The Morgan fingerprint density at radius 3 is 2.33 bits per heavy atom. The standard InChI is InChI=1S/C14H19N3S/c1-9-5-10(2)7-13(6-9)11(3)15-8-14-17-16-12(4)18-14/h5-7,11,15H,8H2,1-4H3/t11-/m0/s1. The van der Waals surface area contributed by atoms with Gasteiger partial charge in [-0.3, -0.25) is 0 Å². The van der Waals surface area contributed by atoms with Crippen LogP contribution in [0.2, 0.25) is 0 Å². The number of rotatable bonds is 4. The molecular formula is C14H19N3S. The smallest absolute Gasteiger partial charge is 0.131 e. The lowest BCUT2D eigenvalue weighted by atomic mass is 10.0. The van der Waals surface area contributed by atoms with E-state index in [4.69, 9.17) is 0 Å². The Bertz CT molecular complexity index is 513. The summed E-state index contributed by atoms with van der Waals surface area (Å²) < 4.78 is 0. The van der Waals surface area contributed by atoms with Crippen LogP contribution >= 0.6 is 11.3 Å². The molecule has 0 radical (unpaired) electrons. The summed E-state index contributed by atoms with van der Waals surface area (Å²) in [6, 6.07) is 6.99. The van der Waals surface area contributed by atoms with Crippen molar-refractivity contribution in [2.45, 2.75) is 40.3 Å². The highest BCUT2D eigenvalue weighted by Crippen LogP contribution is 2.17. The second-order valence-corrected chi connectivity index (χ2v) is 6.00. The molecule has 0 fully saturated rings. The maximum atomic E-state index is 4.12. The molecule has 0 bridgehead atoms. The predicted octanol–water partition coefficient (Wildman–Crippen LogP) is 3.31. The number of hydrogen-bond donors (Lipinski definition) is 1. The largest absolute Gasteiger partial charge is 0.304 e. The Morgan fingerprint density at radius 2 is 1.78 bits per heavy atom. The fourth-order valence-electron chi connectivity index (χ4n) is 2.03. The Labute approximate surface area is 112 Å². The van der Waals surface area contributed by atoms with E-state index in [1.165, 1.54) is 16.7 Å². The van der Waals surface area contributed by atoms with Crippen molar-refractivity contribution in [3.63, 3.8) is 0 Å². The van der Waals surface area contributed by atoms with Crippen molar-refractivity contribution < 1.29 is 0 Å². The summed E-state index contributed by atoms with van der Waals surface area (Å²) in [4.78, 5) is 0. The first-order chi connectivity index (χ1) is 8.54. The number of hydrogen-bond acceptors (Lipinski definition) is 4. The molecule has 0 aliphatic heterocycles. The minimum absolute atomic E-state index is 0.327. The first kappa shape index (κ1) is 13.2. The van der Waals surface area contributed by atoms with Gasteiger partial charge in [0.15, 0.2) is 0 Å². The van der Waals surface area contributed by atoms with Crippen molar-refractivity contribution in [1.29, 1.82) is 0 Å². The number of benzene rings is 1. The molecule has 0 aliphatic rings. The van der Waals surface area contributed by atoms with Gasteiger partial charge in [0.05, 0.1) is 6.54 Å². The SMILES string of the molecule is Cc1cc(C)cc([C@H](C)NCc2nnc(C)s2)c1. The Hall–Kier alpha value is -1.26.